The Labute approximate surface area is 105 Å². The number of fused-ring (bicyclic) bond motifs is 1. The first-order valence-corrected chi connectivity index (χ1v) is 6.30. The minimum absolute atomic E-state index is 0.0602. The summed E-state index contributed by atoms with van der Waals surface area (Å²) in [4.78, 5) is 17.6. The van der Waals surface area contributed by atoms with Crippen molar-refractivity contribution in [2.75, 3.05) is 13.2 Å². The first-order chi connectivity index (χ1) is 8.77. The SMILES string of the molecule is O=C(c1cccnc1F)N1CCOC2CCCC21. The molecule has 2 heterocycles. The van der Waals surface area contributed by atoms with Crippen LogP contribution in [0.25, 0.3) is 0 Å². The zero-order valence-corrected chi connectivity index (χ0v) is 10.0. The number of carbonyl (C=O) groups is 1. The van der Waals surface area contributed by atoms with Crippen LogP contribution in [0.2, 0.25) is 0 Å². The first kappa shape index (κ1) is 11.6. The minimum Gasteiger partial charge on any atom is -0.374 e. The smallest absolute Gasteiger partial charge is 0.258 e. The van der Waals surface area contributed by atoms with Crippen LogP contribution < -0.4 is 0 Å². The summed E-state index contributed by atoms with van der Waals surface area (Å²) in [5, 5.41) is 0. The van der Waals surface area contributed by atoms with Gasteiger partial charge in [-0.05, 0) is 31.4 Å². The van der Waals surface area contributed by atoms with E-state index in [1.807, 2.05) is 0 Å². The van der Waals surface area contributed by atoms with E-state index in [0.29, 0.717) is 13.2 Å². The van der Waals surface area contributed by atoms with Crippen LogP contribution in [0.1, 0.15) is 29.6 Å². The topological polar surface area (TPSA) is 42.4 Å². The Morgan fingerprint density at radius 2 is 2.39 bits per heavy atom. The molecule has 4 nitrogen and oxygen atoms in total. The number of hydrogen-bond donors (Lipinski definition) is 0. The van der Waals surface area contributed by atoms with Gasteiger partial charge < -0.3 is 9.64 Å². The third kappa shape index (κ3) is 1.88. The quantitative estimate of drug-likeness (QED) is 0.711. The third-order valence-corrected chi connectivity index (χ3v) is 3.73. The second-order valence-electron chi connectivity index (χ2n) is 4.75. The van der Waals surface area contributed by atoms with Gasteiger partial charge in [-0.3, -0.25) is 4.79 Å². The number of morpholine rings is 1. The van der Waals surface area contributed by atoms with Gasteiger partial charge in [0.25, 0.3) is 5.91 Å². The van der Waals surface area contributed by atoms with Crippen molar-refractivity contribution in [3.63, 3.8) is 0 Å². The fraction of sp³-hybridized carbons (Fsp3) is 0.538. The Morgan fingerprint density at radius 1 is 1.50 bits per heavy atom. The number of halogens is 1. The highest BCUT2D eigenvalue weighted by Crippen LogP contribution is 2.30. The summed E-state index contributed by atoms with van der Waals surface area (Å²) in [7, 11) is 0. The number of aromatic nitrogens is 1. The Morgan fingerprint density at radius 3 is 3.22 bits per heavy atom. The van der Waals surface area contributed by atoms with Gasteiger partial charge in [0.1, 0.15) is 0 Å². The van der Waals surface area contributed by atoms with Gasteiger partial charge in [0, 0.05) is 12.7 Å². The molecule has 1 saturated heterocycles. The summed E-state index contributed by atoms with van der Waals surface area (Å²) in [6.45, 7) is 1.07. The maximum atomic E-state index is 13.5. The molecule has 0 spiro atoms. The van der Waals surface area contributed by atoms with E-state index in [0.717, 1.165) is 19.3 Å². The van der Waals surface area contributed by atoms with Gasteiger partial charge in [-0.2, -0.15) is 4.39 Å². The van der Waals surface area contributed by atoms with Crippen molar-refractivity contribution in [1.82, 2.24) is 9.88 Å². The number of ether oxygens (including phenoxy) is 1. The lowest BCUT2D eigenvalue weighted by Crippen LogP contribution is -2.51. The largest absolute Gasteiger partial charge is 0.374 e. The number of rotatable bonds is 1. The van der Waals surface area contributed by atoms with Crippen LogP contribution in [-0.2, 0) is 4.74 Å². The molecule has 2 atom stereocenters. The van der Waals surface area contributed by atoms with E-state index in [4.69, 9.17) is 4.74 Å². The van der Waals surface area contributed by atoms with Crippen molar-refractivity contribution < 1.29 is 13.9 Å². The zero-order chi connectivity index (χ0) is 12.5. The molecule has 1 aromatic rings. The Hall–Kier alpha value is -1.49. The molecule has 2 unspecified atom stereocenters. The van der Waals surface area contributed by atoms with E-state index in [9.17, 15) is 9.18 Å². The summed E-state index contributed by atoms with van der Waals surface area (Å²) in [6, 6.07) is 3.18. The third-order valence-electron chi connectivity index (χ3n) is 3.73. The lowest BCUT2D eigenvalue weighted by atomic mass is 10.1. The van der Waals surface area contributed by atoms with E-state index < -0.39 is 5.95 Å². The number of amides is 1. The van der Waals surface area contributed by atoms with E-state index in [1.165, 1.54) is 12.3 Å². The molecular weight excluding hydrogens is 235 g/mol. The molecule has 0 radical (unpaired) electrons. The highest BCUT2D eigenvalue weighted by molar-refractivity contribution is 5.94. The lowest BCUT2D eigenvalue weighted by Gasteiger charge is -2.37. The van der Waals surface area contributed by atoms with Crippen molar-refractivity contribution in [2.45, 2.75) is 31.4 Å². The maximum Gasteiger partial charge on any atom is 0.258 e. The van der Waals surface area contributed by atoms with Crippen molar-refractivity contribution in [3.05, 3.63) is 29.8 Å². The number of carbonyl (C=O) groups excluding carboxylic acids is 1. The highest BCUT2D eigenvalue weighted by Gasteiger charge is 2.39. The standard InChI is InChI=1S/C13H15FN2O2/c14-12-9(3-2-6-15-12)13(17)16-7-8-18-11-5-1-4-10(11)16/h2-3,6,10-11H,1,4-5,7-8H2. The van der Waals surface area contributed by atoms with Crippen molar-refractivity contribution in [1.29, 1.82) is 0 Å². The average Bonchev–Trinajstić information content (AvgIpc) is 2.86. The van der Waals surface area contributed by atoms with Crippen LogP contribution in [0.4, 0.5) is 4.39 Å². The Bertz CT molecular complexity index is 466. The molecule has 1 amide bonds. The van der Waals surface area contributed by atoms with Gasteiger partial charge in [-0.25, -0.2) is 4.98 Å². The molecular formula is C13H15FN2O2. The van der Waals surface area contributed by atoms with Crippen LogP contribution in [0.5, 0.6) is 0 Å². The van der Waals surface area contributed by atoms with Crippen LogP contribution in [0, 0.1) is 5.95 Å². The van der Waals surface area contributed by atoms with Crippen LogP contribution >= 0.6 is 0 Å². The second-order valence-corrected chi connectivity index (χ2v) is 4.75. The van der Waals surface area contributed by atoms with Gasteiger partial charge in [-0.15, -0.1) is 0 Å². The molecule has 18 heavy (non-hydrogen) atoms. The van der Waals surface area contributed by atoms with E-state index in [-0.39, 0.29) is 23.6 Å². The Kier molecular flexibility index (Phi) is 2.99. The van der Waals surface area contributed by atoms with Crippen LogP contribution in [-0.4, -0.2) is 41.1 Å². The lowest BCUT2D eigenvalue weighted by molar-refractivity contribution is -0.0447. The summed E-state index contributed by atoms with van der Waals surface area (Å²) in [5.41, 5.74) is 0.0602. The maximum absolute atomic E-state index is 13.5. The molecule has 3 rings (SSSR count). The molecule has 5 heteroatoms. The van der Waals surface area contributed by atoms with Gasteiger partial charge >= 0.3 is 0 Å². The molecule has 2 fully saturated rings. The molecule has 1 saturated carbocycles. The van der Waals surface area contributed by atoms with Crippen LogP contribution in [0.15, 0.2) is 18.3 Å². The number of pyridine rings is 1. The molecule has 0 aromatic carbocycles. The molecule has 0 bridgehead atoms. The highest BCUT2D eigenvalue weighted by atomic mass is 19.1. The first-order valence-electron chi connectivity index (χ1n) is 6.30. The molecule has 2 aliphatic rings. The van der Waals surface area contributed by atoms with Gasteiger partial charge in [0.05, 0.1) is 24.3 Å². The monoisotopic (exact) mass is 250 g/mol. The Balaban J connectivity index is 1.86. The van der Waals surface area contributed by atoms with E-state index in [2.05, 4.69) is 4.98 Å². The summed E-state index contributed by atoms with van der Waals surface area (Å²) in [6.07, 6.45) is 4.48. The summed E-state index contributed by atoms with van der Waals surface area (Å²) < 4.78 is 19.2. The molecule has 96 valence electrons. The van der Waals surface area contributed by atoms with Gasteiger partial charge in [-0.1, -0.05) is 0 Å². The summed E-state index contributed by atoms with van der Waals surface area (Å²) >= 11 is 0. The van der Waals surface area contributed by atoms with Crippen molar-refractivity contribution in [3.8, 4) is 0 Å². The summed E-state index contributed by atoms with van der Waals surface area (Å²) in [5.74, 6) is -0.954. The second kappa shape index (κ2) is 4.65. The average molecular weight is 250 g/mol. The van der Waals surface area contributed by atoms with Crippen molar-refractivity contribution in [2.24, 2.45) is 0 Å². The van der Waals surface area contributed by atoms with Crippen molar-refractivity contribution >= 4 is 5.91 Å². The fourth-order valence-electron chi connectivity index (χ4n) is 2.88. The van der Waals surface area contributed by atoms with Gasteiger partial charge in [0.15, 0.2) is 0 Å². The van der Waals surface area contributed by atoms with E-state index >= 15 is 0 Å². The number of nitrogens with zero attached hydrogens (tertiary/aromatic N) is 2. The zero-order valence-electron chi connectivity index (χ0n) is 10.0. The van der Waals surface area contributed by atoms with Crippen LogP contribution in [0.3, 0.4) is 0 Å². The van der Waals surface area contributed by atoms with E-state index in [1.54, 1.807) is 11.0 Å². The molecule has 1 aromatic heterocycles. The predicted octanol–water partition coefficient (Wildman–Crippen LogP) is 1.61. The molecule has 0 N–H and O–H groups in total. The normalized spacial score (nSPS) is 27.1. The predicted molar refractivity (Wildman–Crippen MR) is 62.6 cm³/mol. The number of hydrogen-bond acceptors (Lipinski definition) is 3. The van der Waals surface area contributed by atoms with Gasteiger partial charge in [0.2, 0.25) is 5.95 Å². The fourth-order valence-corrected chi connectivity index (χ4v) is 2.88. The minimum atomic E-state index is -0.691. The molecule has 1 aliphatic heterocycles. The molecule has 1 aliphatic carbocycles.